The van der Waals surface area contributed by atoms with Crippen LogP contribution >= 0.6 is 0 Å². The molecule has 0 aliphatic heterocycles. The summed E-state index contributed by atoms with van der Waals surface area (Å²) in [7, 11) is 0. The van der Waals surface area contributed by atoms with Gasteiger partial charge in [0.2, 0.25) is 0 Å². The highest BCUT2D eigenvalue weighted by Gasteiger charge is 2.21. The highest BCUT2D eigenvalue weighted by Crippen LogP contribution is 2.33. The van der Waals surface area contributed by atoms with Crippen molar-refractivity contribution in [2.75, 3.05) is 6.61 Å². The molecule has 0 heterocycles. The van der Waals surface area contributed by atoms with Crippen molar-refractivity contribution < 1.29 is 13.5 Å². The van der Waals surface area contributed by atoms with E-state index in [0.29, 0.717) is 18.1 Å². The molecule has 0 aromatic heterocycles. The predicted octanol–water partition coefficient (Wildman–Crippen LogP) is 6.88. The van der Waals surface area contributed by atoms with Crippen LogP contribution in [0.3, 0.4) is 0 Å². The maximum Gasteiger partial charge on any atom is 0.177 e. The molecule has 0 spiro atoms. The molecule has 0 N–H and O–H groups in total. The van der Waals surface area contributed by atoms with Crippen LogP contribution in [0.1, 0.15) is 57.4 Å². The van der Waals surface area contributed by atoms with Crippen molar-refractivity contribution in [1.29, 1.82) is 5.26 Å². The molecule has 0 saturated heterocycles. The zero-order chi connectivity index (χ0) is 19.9. The van der Waals surface area contributed by atoms with Gasteiger partial charge >= 0.3 is 0 Å². The molecule has 0 radical (unpaired) electrons. The van der Waals surface area contributed by atoms with Crippen molar-refractivity contribution in [2.45, 2.75) is 51.9 Å². The van der Waals surface area contributed by atoms with Gasteiger partial charge in [-0.05, 0) is 54.5 Å². The van der Waals surface area contributed by atoms with Crippen molar-refractivity contribution in [3.63, 3.8) is 0 Å². The van der Waals surface area contributed by atoms with Crippen LogP contribution in [0.2, 0.25) is 0 Å². The average Bonchev–Trinajstić information content (AvgIpc) is 2.74. The molecule has 1 fully saturated rings. The average molecular weight is 383 g/mol. The highest BCUT2D eigenvalue weighted by molar-refractivity contribution is 5.66. The Morgan fingerprint density at radius 1 is 0.964 bits per heavy atom. The van der Waals surface area contributed by atoms with Gasteiger partial charge in [-0.15, -0.1) is 0 Å². The number of halogens is 2. The van der Waals surface area contributed by atoms with E-state index in [-0.39, 0.29) is 11.1 Å². The fraction of sp³-hybridized carbons (Fsp3) is 0.458. The van der Waals surface area contributed by atoms with E-state index in [9.17, 15) is 8.78 Å². The number of benzene rings is 2. The molecule has 0 unspecified atom stereocenters. The summed E-state index contributed by atoms with van der Waals surface area (Å²) in [5.41, 5.74) is 0.420. The molecule has 1 aliphatic carbocycles. The van der Waals surface area contributed by atoms with Crippen LogP contribution in [-0.2, 0) is 0 Å². The lowest BCUT2D eigenvalue weighted by molar-refractivity contribution is 0.178. The molecule has 0 atom stereocenters. The maximum absolute atomic E-state index is 14.2. The first-order valence-electron chi connectivity index (χ1n) is 10.2. The largest absolute Gasteiger partial charge is 0.493 e. The lowest BCUT2D eigenvalue weighted by Gasteiger charge is -2.28. The summed E-state index contributed by atoms with van der Waals surface area (Å²) in [4.78, 5) is 0. The Morgan fingerprint density at radius 3 is 2.29 bits per heavy atom. The molecule has 0 amide bonds. The van der Waals surface area contributed by atoms with Crippen molar-refractivity contribution in [3.8, 4) is 22.9 Å². The number of nitriles is 1. The second-order valence-corrected chi connectivity index (χ2v) is 7.76. The zero-order valence-electron chi connectivity index (χ0n) is 16.4. The summed E-state index contributed by atoms with van der Waals surface area (Å²) in [5.74, 6) is 0.134. The fourth-order valence-electron chi connectivity index (χ4n) is 3.98. The van der Waals surface area contributed by atoms with E-state index in [1.807, 2.05) is 0 Å². The van der Waals surface area contributed by atoms with E-state index in [0.717, 1.165) is 11.7 Å². The molecule has 2 aromatic rings. The molecule has 0 bridgehead atoms. The second kappa shape index (κ2) is 9.68. The van der Waals surface area contributed by atoms with Crippen LogP contribution in [-0.4, -0.2) is 6.61 Å². The number of unbranched alkanes of at least 4 members (excludes halogenated alkanes) is 1. The van der Waals surface area contributed by atoms with E-state index in [1.165, 1.54) is 57.1 Å². The van der Waals surface area contributed by atoms with Gasteiger partial charge in [0.25, 0.3) is 0 Å². The van der Waals surface area contributed by atoms with Crippen LogP contribution in [0.15, 0.2) is 36.4 Å². The predicted molar refractivity (Wildman–Crippen MR) is 107 cm³/mol. The molecule has 3 rings (SSSR count). The number of ether oxygens (including phenoxy) is 1. The van der Waals surface area contributed by atoms with Gasteiger partial charge in [0.1, 0.15) is 11.8 Å². The Balaban J connectivity index is 1.55. The Labute approximate surface area is 166 Å². The van der Waals surface area contributed by atoms with Crippen LogP contribution < -0.4 is 4.74 Å². The molecule has 28 heavy (non-hydrogen) atoms. The molecule has 1 aliphatic rings. The summed E-state index contributed by atoms with van der Waals surface area (Å²) >= 11 is 0. The van der Waals surface area contributed by atoms with Crippen LogP contribution in [0.5, 0.6) is 5.75 Å². The van der Waals surface area contributed by atoms with Gasteiger partial charge in [-0.25, -0.2) is 8.78 Å². The lowest BCUT2D eigenvalue weighted by atomic mass is 9.80. The standard InChI is InChI=1S/C24H27F2NO/c1-2-3-4-17-5-7-18(8-6-17)16-28-21-12-9-19(10-13-21)22-14-11-20(15-27)23(25)24(22)26/h9-14,17-18H,2-8,16H2,1H3. The summed E-state index contributed by atoms with van der Waals surface area (Å²) < 4.78 is 33.9. The third-order valence-electron chi connectivity index (χ3n) is 5.79. The molecule has 4 heteroatoms. The summed E-state index contributed by atoms with van der Waals surface area (Å²) in [5, 5.41) is 8.79. The maximum atomic E-state index is 14.2. The Kier molecular flexibility index (Phi) is 7.03. The third-order valence-corrected chi connectivity index (χ3v) is 5.79. The van der Waals surface area contributed by atoms with Gasteiger partial charge in [0, 0.05) is 5.56 Å². The van der Waals surface area contributed by atoms with E-state index >= 15 is 0 Å². The lowest BCUT2D eigenvalue weighted by Crippen LogP contribution is -2.20. The molecule has 148 valence electrons. The van der Waals surface area contributed by atoms with E-state index in [2.05, 4.69) is 6.92 Å². The van der Waals surface area contributed by atoms with E-state index in [1.54, 1.807) is 30.3 Å². The summed E-state index contributed by atoms with van der Waals surface area (Å²) in [6.07, 6.45) is 9.02. The van der Waals surface area contributed by atoms with Crippen molar-refractivity contribution in [1.82, 2.24) is 0 Å². The van der Waals surface area contributed by atoms with Crippen LogP contribution in [0.25, 0.3) is 11.1 Å². The quantitative estimate of drug-likeness (QED) is 0.522. The first-order chi connectivity index (χ1) is 13.6. The minimum absolute atomic E-state index is 0.147. The Morgan fingerprint density at radius 2 is 1.64 bits per heavy atom. The minimum atomic E-state index is -1.10. The van der Waals surface area contributed by atoms with Crippen molar-refractivity contribution >= 4 is 0 Å². The Hall–Kier alpha value is -2.41. The molecule has 2 nitrogen and oxygen atoms in total. The first kappa shape index (κ1) is 20.3. The van der Waals surface area contributed by atoms with Gasteiger partial charge in [-0.3, -0.25) is 0 Å². The Bertz CT molecular complexity index is 818. The van der Waals surface area contributed by atoms with E-state index in [4.69, 9.17) is 10.00 Å². The summed E-state index contributed by atoms with van der Waals surface area (Å²) in [6, 6.07) is 11.4. The summed E-state index contributed by atoms with van der Waals surface area (Å²) in [6.45, 7) is 2.96. The van der Waals surface area contributed by atoms with Crippen LogP contribution in [0, 0.1) is 34.8 Å². The van der Waals surface area contributed by atoms with Crippen molar-refractivity contribution in [3.05, 3.63) is 53.6 Å². The fourth-order valence-corrected chi connectivity index (χ4v) is 3.98. The normalized spacial score (nSPS) is 19.2. The topological polar surface area (TPSA) is 33.0 Å². The van der Waals surface area contributed by atoms with Gasteiger partial charge in [-0.1, -0.05) is 51.2 Å². The zero-order valence-corrected chi connectivity index (χ0v) is 16.4. The SMILES string of the molecule is CCCCC1CCC(COc2ccc(-c3ccc(C#N)c(F)c3F)cc2)CC1. The van der Waals surface area contributed by atoms with Gasteiger partial charge in [0.05, 0.1) is 12.2 Å². The second-order valence-electron chi connectivity index (χ2n) is 7.76. The first-order valence-corrected chi connectivity index (χ1v) is 10.2. The van der Waals surface area contributed by atoms with Gasteiger partial charge in [0.15, 0.2) is 11.6 Å². The molecular weight excluding hydrogens is 356 g/mol. The molecular formula is C24H27F2NO. The molecule has 1 saturated carbocycles. The third kappa shape index (κ3) is 4.90. The number of hydrogen-bond acceptors (Lipinski definition) is 2. The number of hydrogen-bond donors (Lipinski definition) is 0. The van der Waals surface area contributed by atoms with E-state index < -0.39 is 11.6 Å². The van der Waals surface area contributed by atoms with Crippen molar-refractivity contribution in [2.24, 2.45) is 11.8 Å². The number of rotatable bonds is 7. The minimum Gasteiger partial charge on any atom is -0.493 e. The van der Waals surface area contributed by atoms with Gasteiger partial charge in [-0.2, -0.15) is 5.26 Å². The highest BCUT2D eigenvalue weighted by atomic mass is 19.2. The smallest absolute Gasteiger partial charge is 0.177 e. The van der Waals surface area contributed by atoms with Gasteiger partial charge < -0.3 is 4.74 Å². The monoisotopic (exact) mass is 383 g/mol. The van der Waals surface area contributed by atoms with Crippen LogP contribution in [0.4, 0.5) is 8.78 Å². The number of nitrogens with zero attached hydrogens (tertiary/aromatic N) is 1. The molecule has 2 aromatic carbocycles.